The summed E-state index contributed by atoms with van der Waals surface area (Å²) in [6, 6.07) is 5.86. The van der Waals surface area contributed by atoms with Gasteiger partial charge in [0.25, 0.3) is 0 Å². The first-order valence-corrected chi connectivity index (χ1v) is 4.74. The molecule has 1 saturated carbocycles. The number of hydrogen-bond donors (Lipinski definition) is 1. The highest BCUT2D eigenvalue weighted by Gasteiger charge is 2.21. The molecule has 0 aromatic heterocycles. The van der Waals surface area contributed by atoms with Crippen molar-refractivity contribution in [3.8, 4) is 5.75 Å². The molecule has 2 heteroatoms. The van der Waals surface area contributed by atoms with E-state index in [1.165, 1.54) is 12.8 Å². The maximum Gasteiger partial charge on any atom is 0.121 e. The van der Waals surface area contributed by atoms with Crippen molar-refractivity contribution in [3.63, 3.8) is 0 Å². The normalized spacial score (nSPS) is 15.8. The topological polar surface area (TPSA) is 35.2 Å². The number of hydrogen-bond acceptors (Lipinski definition) is 2. The highest BCUT2D eigenvalue weighted by Crippen LogP contribution is 2.30. The Kier molecular flexibility index (Phi) is 2.13. The van der Waals surface area contributed by atoms with Crippen LogP contribution in [0.25, 0.3) is 0 Å². The summed E-state index contributed by atoms with van der Waals surface area (Å²) in [5.41, 5.74) is 7.64. The number of ether oxygens (including phenoxy) is 1. The molecule has 0 radical (unpaired) electrons. The highest BCUT2D eigenvalue weighted by atomic mass is 16.5. The first kappa shape index (κ1) is 8.42. The Bertz CT molecular complexity index is 285. The van der Waals surface area contributed by atoms with E-state index in [1.807, 2.05) is 25.1 Å². The van der Waals surface area contributed by atoms with Gasteiger partial charge in [-0.2, -0.15) is 0 Å². The van der Waals surface area contributed by atoms with Gasteiger partial charge in [0.05, 0.1) is 6.61 Å². The Morgan fingerprint density at radius 3 is 2.77 bits per heavy atom. The fraction of sp³-hybridized carbons (Fsp3) is 0.455. The molecule has 1 aliphatic rings. The molecule has 2 N–H and O–H groups in total. The summed E-state index contributed by atoms with van der Waals surface area (Å²) in [5.74, 6) is 1.70. The quantitative estimate of drug-likeness (QED) is 0.719. The van der Waals surface area contributed by atoms with Crippen LogP contribution in [0.2, 0.25) is 0 Å². The minimum atomic E-state index is 0.783. The molecule has 0 unspecified atom stereocenters. The lowest BCUT2D eigenvalue weighted by atomic mass is 10.2. The van der Waals surface area contributed by atoms with Crippen LogP contribution in [-0.2, 0) is 0 Å². The number of nitrogens with two attached hydrogens (primary N) is 1. The van der Waals surface area contributed by atoms with Gasteiger partial charge in [-0.15, -0.1) is 0 Å². The molecule has 13 heavy (non-hydrogen) atoms. The van der Waals surface area contributed by atoms with Gasteiger partial charge in [0.2, 0.25) is 0 Å². The van der Waals surface area contributed by atoms with E-state index in [0.29, 0.717) is 0 Å². The van der Waals surface area contributed by atoms with Crippen LogP contribution in [0, 0.1) is 12.8 Å². The zero-order chi connectivity index (χ0) is 9.26. The summed E-state index contributed by atoms with van der Waals surface area (Å²) >= 11 is 0. The van der Waals surface area contributed by atoms with Gasteiger partial charge in [0.1, 0.15) is 5.75 Å². The van der Waals surface area contributed by atoms with E-state index in [1.54, 1.807) is 0 Å². The third-order valence-corrected chi connectivity index (χ3v) is 2.26. The summed E-state index contributed by atoms with van der Waals surface area (Å²) in [6.45, 7) is 2.88. The van der Waals surface area contributed by atoms with Gasteiger partial charge in [-0.1, -0.05) is 0 Å². The summed E-state index contributed by atoms with van der Waals surface area (Å²) in [6.07, 6.45) is 2.64. The van der Waals surface area contributed by atoms with Gasteiger partial charge in [-0.3, -0.25) is 0 Å². The minimum absolute atomic E-state index is 0.783. The number of anilines is 1. The Hall–Kier alpha value is -1.18. The van der Waals surface area contributed by atoms with Gasteiger partial charge in [-0.05, 0) is 43.4 Å². The molecule has 1 aliphatic carbocycles. The van der Waals surface area contributed by atoms with Crippen LogP contribution in [0.4, 0.5) is 5.69 Å². The summed E-state index contributed by atoms with van der Waals surface area (Å²) in [4.78, 5) is 0. The SMILES string of the molecule is Cc1cc(N)cc(OCC2CC2)c1. The van der Waals surface area contributed by atoms with E-state index in [9.17, 15) is 0 Å². The molecular formula is C11H15NO. The summed E-state index contributed by atoms with van der Waals surface area (Å²) in [5, 5.41) is 0. The van der Waals surface area contributed by atoms with Gasteiger partial charge < -0.3 is 10.5 Å². The Balaban J connectivity index is 2.01. The van der Waals surface area contributed by atoms with E-state index in [2.05, 4.69) is 0 Å². The average Bonchev–Trinajstić information content (AvgIpc) is 2.81. The maximum atomic E-state index is 5.70. The molecule has 1 aromatic rings. The third kappa shape index (κ3) is 2.38. The lowest BCUT2D eigenvalue weighted by molar-refractivity contribution is 0.300. The molecule has 2 rings (SSSR count). The molecule has 0 bridgehead atoms. The van der Waals surface area contributed by atoms with E-state index < -0.39 is 0 Å². The second kappa shape index (κ2) is 3.29. The average molecular weight is 177 g/mol. The zero-order valence-corrected chi connectivity index (χ0v) is 7.92. The number of benzene rings is 1. The van der Waals surface area contributed by atoms with Crippen molar-refractivity contribution in [2.24, 2.45) is 5.92 Å². The number of nitrogen functional groups attached to an aromatic ring is 1. The van der Waals surface area contributed by atoms with Crippen molar-refractivity contribution in [3.05, 3.63) is 23.8 Å². The molecule has 0 heterocycles. The molecule has 1 aromatic carbocycles. The van der Waals surface area contributed by atoms with E-state index >= 15 is 0 Å². The predicted octanol–water partition coefficient (Wildman–Crippen LogP) is 2.37. The number of aryl methyl sites for hydroxylation is 1. The van der Waals surface area contributed by atoms with Crippen LogP contribution in [-0.4, -0.2) is 6.61 Å². The first-order valence-electron chi connectivity index (χ1n) is 4.74. The molecule has 0 saturated heterocycles. The van der Waals surface area contributed by atoms with E-state index in [-0.39, 0.29) is 0 Å². The van der Waals surface area contributed by atoms with Crippen LogP contribution in [0.1, 0.15) is 18.4 Å². The van der Waals surface area contributed by atoms with Crippen LogP contribution in [0.3, 0.4) is 0 Å². The standard InChI is InChI=1S/C11H15NO/c1-8-4-10(12)6-11(5-8)13-7-9-2-3-9/h4-6,9H,2-3,7,12H2,1H3. The monoisotopic (exact) mass is 177 g/mol. The maximum absolute atomic E-state index is 5.70. The second-order valence-electron chi connectivity index (χ2n) is 3.83. The number of rotatable bonds is 3. The van der Waals surface area contributed by atoms with Crippen molar-refractivity contribution in [2.45, 2.75) is 19.8 Å². The van der Waals surface area contributed by atoms with Crippen molar-refractivity contribution >= 4 is 5.69 Å². The fourth-order valence-electron chi connectivity index (χ4n) is 1.36. The molecule has 0 aliphatic heterocycles. The van der Waals surface area contributed by atoms with Crippen molar-refractivity contribution in [2.75, 3.05) is 12.3 Å². The van der Waals surface area contributed by atoms with Crippen LogP contribution < -0.4 is 10.5 Å². The largest absolute Gasteiger partial charge is 0.493 e. The van der Waals surface area contributed by atoms with Crippen LogP contribution >= 0.6 is 0 Å². The van der Waals surface area contributed by atoms with E-state index in [4.69, 9.17) is 10.5 Å². The molecule has 0 spiro atoms. The molecule has 70 valence electrons. The van der Waals surface area contributed by atoms with Gasteiger partial charge in [0, 0.05) is 11.8 Å². The lowest BCUT2D eigenvalue weighted by Crippen LogP contribution is -1.99. The first-order chi connectivity index (χ1) is 6.24. The van der Waals surface area contributed by atoms with Crippen LogP contribution in [0.5, 0.6) is 5.75 Å². The smallest absolute Gasteiger partial charge is 0.121 e. The van der Waals surface area contributed by atoms with Crippen molar-refractivity contribution in [1.29, 1.82) is 0 Å². The Labute approximate surface area is 78.7 Å². The Morgan fingerprint density at radius 1 is 1.38 bits per heavy atom. The van der Waals surface area contributed by atoms with E-state index in [0.717, 1.165) is 29.5 Å². The molecule has 0 amide bonds. The molecule has 0 atom stereocenters. The zero-order valence-electron chi connectivity index (χ0n) is 7.92. The van der Waals surface area contributed by atoms with Crippen molar-refractivity contribution in [1.82, 2.24) is 0 Å². The van der Waals surface area contributed by atoms with Gasteiger partial charge in [-0.25, -0.2) is 0 Å². The summed E-state index contributed by atoms with van der Waals surface area (Å²) < 4.78 is 5.61. The second-order valence-corrected chi connectivity index (χ2v) is 3.83. The van der Waals surface area contributed by atoms with Gasteiger partial charge in [0.15, 0.2) is 0 Å². The summed E-state index contributed by atoms with van der Waals surface area (Å²) in [7, 11) is 0. The lowest BCUT2D eigenvalue weighted by Gasteiger charge is -2.06. The molecule has 1 fully saturated rings. The molecule has 2 nitrogen and oxygen atoms in total. The predicted molar refractivity (Wildman–Crippen MR) is 53.8 cm³/mol. The van der Waals surface area contributed by atoms with Gasteiger partial charge >= 0.3 is 0 Å². The van der Waals surface area contributed by atoms with Crippen molar-refractivity contribution < 1.29 is 4.74 Å². The molecular weight excluding hydrogens is 162 g/mol. The third-order valence-electron chi connectivity index (χ3n) is 2.26. The fourth-order valence-corrected chi connectivity index (χ4v) is 1.36. The highest BCUT2D eigenvalue weighted by molar-refractivity contribution is 5.47. The Morgan fingerprint density at radius 2 is 2.15 bits per heavy atom. The van der Waals surface area contributed by atoms with Crippen LogP contribution in [0.15, 0.2) is 18.2 Å². The minimum Gasteiger partial charge on any atom is -0.493 e.